The summed E-state index contributed by atoms with van der Waals surface area (Å²) >= 11 is 0. The van der Waals surface area contributed by atoms with Crippen LogP contribution < -0.4 is 14.8 Å². The molecule has 0 aliphatic carbocycles. The molecule has 1 atom stereocenters. The maximum Gasteiger partial charge on any atom is 0.161 e. The molecular weight excluding hydrogens is 240 g/mol. The van der Waals surface area contributed by atoms with Crippen LogP contribution in [0.15, 0.2) is 18.2 Å². The number of fused-ring (bicyclic) bond motifs is 1. The molecule has 0 saturated carbocycles. The summed E-state index contributed by atoms with van der Waals surface area (Å²) < 4.78 is 11.2. The van der Waals surface area contributed by atoms with Gasteiger partial charge in [-0.15, -0.1) is 0 Å². The van der Waals surface area contributed by atoms with Gasteiger partial charge in [0.05, 0.1) is 0 Å². The normalized spacial score (nSPS) is 15.6. The van der Waals surface area contributed by atoms with E-state index in [0.29, 0.717) is 19.3 Å². The molecule has 1 aliphatic heterocycles. The Bertz CT molecular complexity index is 407. The number of rotatable bonds is 6. The Morgan fingerprint density at radius 1 is 1.21 bits per heavy atom. The standard InChI is InChI=1S/C15H24N2O2/c1-4-16-13(7-8-17(2)3)12-5-6-14-15(11-12)19-10-9-18-14/h5-6,11,13,16H,4,7-10H2,1-3H3. The van der Waals surface area contributed by atoms with Crippen molar-refractivity contribution in [1.82, 2.24) is 10.2 Å². The molecule has 1 aromatic rings. The van der Waals surface area contributed by atoms with Gasteiger partial charge in [-0.1, -0.05) is 13.0 Å². The second-order valence-corrected chi connectivity index (χ2v) is 5.11. The molecule has 0 fully saturated rings. The fraction of sp³-hybridized carbons (Fsp3) is 0.600. The number of nitrogens with zero attached hydrogens (tertiary/aromatic N) is 1. The fourth-order valence-corrected chi connectivity index (χ4v) is 2.30. The Hall–Kier alpha value is -1.26. The first-order valence-corrected chi connectivity index (χ1v) is 6.98. The van der Waals surface area contributed by atoms with Gasteiger partial charge in [-0.25, -0.2) is 0 Å². The summed E-state index contributed by atoms with van der Waals surface area (Å²) in [5.74, 6) is 1.73. The predicted octanol–water partition coefficient (Wildman–Crippen LogP) is 2.06. The van der Waals surface area contributed by atoms with Crippen LogP contribution in [0, 0.1) is 0 Å². The van der Waals surface area contributed by atoms with Crippen molar-refractivity contribution in [1.29, 1.82) is 0 Å². The molecule has 19 heavy (non-hydrogen) atoms. The lowest BCUT2D eigenvalue weighted by molar-refractivity contribution is 0.171. The molecule has 1 aromatic carbocycles. The van der Waals surface area contributed by atoms with Crippen LogP contribution in [0.5, 0.6) is 11.5 Å². The molecule has 0 radical (unpaired) electrons. The Labute approximate surface area is 115 Å². The van der Waals surface area contributed by atoms with Gasteiger partial charge in [0.2, 0.25) is 0 Å². The monoisotopic (exact) mass is 264 g/mol. The smallest absolute Gasteiger partial charge is 0.161 e. The van der Waals surface area contributed by atoms with Gasteiger partial charge in [-0.05, 0) is 51.3 Å². The lowest BCUT2D eigenvalue weighted by atomic mass is 10.0. The molecule has 4 heteroatoms. The SMILES string of the molecule is CCNC(CCN(C)C)c1ccc2c(c1)OCCO2. The van der Waals surface area contributed by atoms with Crippen molar-refractivity contribution in [3.05, 3.63) is 23.8 Å². The van der Waals surface area contributed by atoms with E-state index in [4.69, 9.17) is 9.47 Å². The summed E-state index contributed by atoms with van der Waals surface area (Å²) in [5.41, 5.74) is 1.27. The predicted molar refractivity (Wildman–Crippen MR) is 77.0 cm³/mol. The van der Waals surface area contributed by atoms with Gasteiger partial charge < -0.3 is 19.7 Å². The first-order chi connectivity index (χ1) is 9.20. The summed E-state index contributed by atoms with van der Waals surface area (Å²) in [7, 11) is 4.21. The third kappa shape index (κ3) is 3.85. The molecule has 1 unspecified atom stereocenters. The van der Waals surface area contributed by atoms with Crippen LogP contribution in [0.3, 0.4) is 0 Å². The number of hydrogen-bond donors (Lipinski definition) is 1. The maximum absolute atomic E-state index is 5.65. The van der Waals surface area contributed by atoms with Crippen LogP contribution in [-0.2, 0) is 0 Å². The van der Waals surface area contributed by atoms with Crippen LogP contribution >= 0.6 is 0 Å². The average molecular weight is 264 g/mol. The van der Waals surface area contributed by atoms with Crippen LogP contribution in [0.4, 0.5) is 0 Å². The van der Waals surface area contributed by atoms with Gasteiger partial charge in [0.1, 0.15) is 13.2 Å². The second kappa shape index (κ2) is 6.78. The molecule has 0 aromatic heterocycles. The first-order valence-electron chi connectivity index (χ1n) is 6.98. The molecule has 0 bridgehead atoms. The first kappa shape index (κ1) is 14.2. The lowest BCUT2D eigenvalue weighted by Crippen LogP contribution is -2.25. The van der Waals surface area contributed by atoms with Crippen LogP contribution in [-0.4, -0.2) is 45.3 Å². The van der Waals surface area contributed by atoms with E-state index in [1.54, 1.807) is 0 Å². The summed E-state index contributed by atoms with van der Waals surface area (Å²) in [5, 5.41) is 3.54. The van der Waals surface area contributed by atoms with Crippen molar-refractivity contribution >= 4 is 0 Å². The minimum absolute atomic E-state index is 0.364. The third-order valence-electron chi connectivity index (χ3n) is 3.28. The highest BCUT2D eigenvalue weighted by Gasteiger charge is 2.16. The molecule has 2 rings (SSSR count). The minimum Gasteiger partial charge on any atom is -0.486 e. The zero-order chi connectivity index (χ0) is 13.7. The van der Waals surface area contributed by atoms with Crippen molar-refractivity contribution < 1.29 is 9.47 Å². The van der Waals surface area contributed by atoms with Crippen molar-refractivity contribution in [2.24, 2.45) is 0 Å². The molecule has 4 nitrogen and oxygen atoms in total. The number of nitrogens with one attached hydrogen (secondary N) is 1. The summed E-state index contributed by atoms with van der Waals surface area (Å²) in [6.07, 6.45) is 1.08. The van der Waals surface area contributed by atoms with E-state index in [1.807, 2.05) is 6.07 Å². The lowest BCUT2D eigenvalue weighted by Gasteiger charge is -2.23. The molecule has 1 heterocycles. The van der Waals surface area contributed by atoms with E-state index >= 15 is 0 Å². The Kier molecular flexibility index (Phi) is 5.05. The fourth-order valence-electron chi connectivity index (χ4n) is 2.30. The molecule has 0 saturated heterocycles. The number of ether oxygens (including phenoxy) is 2. The van der Waals surface area contributed by atoms with Crippen molar-refractivity contribution in [2.45, 2.75) is 19.4 Å². The quantitative estimate of drug-likeness (QED) is 0.853. The molecule has 106 valence electrons. The topological polar surface area (TPSA) is 33.7 Å². The zero-order valence-corrected chi connectivity index (χ0v) is 12.1. The van der Waals surface area contributed by atoms with E-state index in [-0.39, 0.29) is 0 Å². The van der Waals surface area contributed by atoms with Gasteiger partial charge in [0, 0.05) is 6.04 Å². The Balaban J connectivity index is 2.11. The van der Waals surface area contributed by atoms with Gasteiger partial charge in [-0.3, -0.25) is 0 Å². The molecule has 1 aliphatic rings. The Morgan fingerprint density at radius 2 is 1.95 bits per heavy atom. The zero-order valence-electron chi connectivity index (χ0n) is 12.1. The van der Waals surface area contributed by atoms with Gasteiger partial charge in [0.15, 0.2) is 11.5 Å². The Morgan fingerprint density at radius 3 is 2.63 bits per heavy atom. The number of hydrogen-bond acceptors (Lipinski definition) is 4. The average Bonchev–Trinajstić information content (AvgIpc) is 2.42. The highest BCUT2D eigenvalue weighted by molar-refractivity contribution is 5.44. The van der Waals surface area contributed by atoms with Crippen molar-refractivity contribution in [3.63, 3.8) is 0 Å². The van der Waals surface area contributed by atoms with E-state index in [2.05, 4.69) is 43.4 Å². The van der Waals surface area contributed by atoms with Crippen molar-refractivity contribution in [2.75, 3.05) is 40.4 Å². The summed E-state index contributed by atoms with van der Waals surface area (Å²) in [6.45, 7) is 5.45. The molecular formula is C15H24N2O2. The third-order valence-corrected chi connectivity index (χ3v) is 3.28. The molecule has 0 amide bonds. The van der Waals surface area contributed by atoms with E-state index < -0.39 is 0 Å². The molecule has 0 spiro atoms. The van der Waals surface area contributed by atoms with Crippen LogP contribution in [0.25, 0.3) is 0 Å². The highest BCUT2D eigenvalue weighted by atomic mass is 16.6. The van der Waals surface area contributed by atoms with Gasteiger partial charge in [-0.2, -0.15) is 0 Å². The van der Waals surface area contributed by atoms with Gasteiger partial charge >= 0.3 is 0 Å². The van der Waals surface area contributed by atoms with E-state index in [1.165, 1.54) is 5.56 Å². The minimum atomic E-state index is 0.364. The summed E-state index contributed by atoms with van der Waals surface area (Å²) in [4.78, 5) is 2.21. The summed E-state index contributed by atoms with van der Waals surface area (Å²) in [6, 6.07) is 6.63. The number of benzene rings is 1. The van der Waals surface area contributed by atoms with Crippen LogP contribution in [0.2, 0.25) is 0 Å². The maximum atomic E-state index is 5.65. The van der Waals surface area contributed by atoms with Gasteiger partial charge in [0.25, 0.3) is 0 Å². The van der Waals surface area contributed by atoms with E-state index in [9.17, 15) is 0 Å². The van der Waals surface area contributed by atoms with E-state index in [0.717, 1.165) is 31.0 Å². The largest absolute Gasteiger partial charge is 0.486 e. The van der Waals surface area contributed by atoms with Crippen molar-refractivity contribution in [3.8, 4) is 11.5 Å². The van der Waals surface area contributed by atoms with Crippen LogP contribution in [0.1, 0.15) is 24.9 Å². The second-order valence-electron chi connectivity index (χ2n) is 5.11. The molecule has 1 N–H and O–H groups in total. The highest BCUT2D eigenvalue weighted by Crippen LogP contribution is 2.33.